The molecule has 8 heteroatoms. The van der Waals surface area contributed by atoms with Crippen LogP contribution >= 0.6 is 11.8 Å². The van der Waals surface area contributed by atoms with Gasteiger partial charge in [0.15, 0.2) is 0 Å². The van der Waals surface area contributed by atoms with Crippen LogP contribution in [-0.4, -0.2) is 33.0 Å². The molecule has 1 atom stereocenters. The number of nitrogens with one attached hydrogen (secondary N) is 2. The molecule has 2 N–H and O–H groups in total. The number of carbonyl (C=O) groups excluding carboxylic acids is 1. The molecular weight excluding hydrogens is 470 g/mol. The van der Waals surface area contributed by atoms with Crippen molar-refractivity contribution in [3.8, 4) is 5.75 Å². The Morgan fingerprint density at radius 1 is 1.11 bits per heavy atom. The highest BCUT2D eigenvalue weighted by molar-refractivity contribution is 7.99. The molecule has 0 saturated carbocycles. The van der Waals surface area contributed by atoms with Gasteiger partial charge in [-0.1, -0.05) is 62.7 Å². The minimum Gasteiger partial charge on any atom is -0.494 e. The van der Waals surface area contributed by atoms with Gasteiger partial charge in [0.2, 0.25) is 11.1 Å². The number of allylic oxidation sites excluding steroid dienone is 1. The molecule has 1 aliphatic rings. The third-order valence-corrected chi connectivity index (χ3v) is 7.04. The second-order valence-electron chi connectivity index (χ2n) is 9.03. The Morgan fingerprint density at radius 2 is 1.92 bits per heavy atom. The van der Waals surface area contributed by atoms with Crippen molar-refractivity contribution in [3.05, 3.63) is 70.9 Å². The average molecular weight is 506 g/mol. The molecule has 0 saturated heterocycles. The zero-order valence-electron chi connectivity index (χ0n) is 21.5. The second-order valence-corrected chi connectivity index (χ2v) is 10.1. The summed E-state index contributed by atoms with van der Waals surface area (Å²) in [7, 11) is 0. The van der Waals surface area contributed by atoms with Gasteiger partial charge in [-0.25, -0.2) is 4.68 Å². The molecule has 1 aliphatic heterocycles. The quantitative estimate of drug-likeness (QED) is 0.226. The van der Waals surface area contributed by atoms with E-state index in [0.29, 0.717) is 23.3 Å². The van der Waals surface area contributed by atoms with Crippen LogP contribution < -0.4 is 15.4 Å². The lowest BCUT2D eigenvalue weighted by Gasteiger charge is -2.28. The molecule has 1 unspecified atom stereocenters. The number of carbonyl (C=O) groups is 1. The standard InChI is InChI=1S/C28H35N5O2S/c1-5-7-8-16-35-23-14-12-21(13-15-23)25-24(26(34)30-22-11-9-10-19(3)18-22)20(4)29-27-31-28(32-33(25)27)36-17-6-2/h9-15,18,25H,5-8,16-17H2,1-4H3,(H,30,34)(H,29,31,32). The van der Waals surface area contributed by atoms with Crippen LogP contribution in [-0.2, 0) is 4.79 Å². The highest BCUT2D eigenvalue weighted by Crippen LogP contribution is 2.37. The van der Waals surface area contributed by atoms with E-state index in [-0.39, 0.29) is 5.91 Å². The van der Waals surface area contributed by atoms with Gasteiger partial charge in [0.05, 0.1) is 12.2 Å². The van der Waals surface area contributed by atoms with Gasteiger partial charge in [-0.3, -0.25) is 4.79 Å². The Morgan fingerprint density at radius 3 is 2.64 bits per heavy atom. The third-order valence-electron chi connectivity index (χ3n) is 6.00. The van der Waals surface area contributed by atoms with Crippen LogP contribution in [0.15, 0.2) is 65.0 Å². The number of benzene rings is 2. The lowest BCUT2D eigenvalue weighted by atomic mass is 9.95. The van der Waals surface area contributed by atoms with Gasteiger partial charge < -0.3 is 15.4 Å². The number of anilines is 2. The fourth-order valence-electron chi connectivity index (χ4n) is 4.20. The molecule has 2 heterocycles. The first-order valence-corrected chi connectivity index (χ1v) is 13.7. The van der Waals surface area contributed by atoms with Crippen LogP contribution in [0.3, 0.4) is 0 Å². The summed E-state index contributed by atoms with van der Waals surface area (Å²) in [5.41, 5.74) is 4.17. The first kappa shape index (κ1) is 25.8. The zero-order chi connectivity index (χ0) is 25.5. The van der Waals surface area contributed by atoms with Crippen molar-refractivity contribution in [2.24, 2.45) is 0 Å². The summed E-state index contributed by atoms with van der Waals surface area (Å²) >= 11 is 1.62. The van der Waals surface area contributed by atoms with Crippen molar-refractivity contribution in [2.45, 2.75) is 64.6 Å². The molecule has 0 aliphatic carbocycles. The summed E-state index contributed by atoms with van der Waals surface area (Å²) in [5, 5.41) is 11.9. The Bertz CT molecular complexity index is 1220. The molecule has 190 valence electrons. The maximum atomic E-state index is 13.6. The predicted octanol–water partition coefficient (Wildman–Crippen LogP) is 6.59. The van der Waals surface area contributed by atoms with E-state index in [1.807, 2.05) is 67.1 Å². The number of hydrogen-bond donors (Lipinski definition) is 2. The molecule has 1 aromatic heterocycles. The number of ether oxygens (including phenoxy) is 1. The van der Waals surface area contributed by atoms with Crippen molar-refractivity contribution in [3.63, 3.8) is 0 Å². The van der Waals surface area contributed by atoms with Gasteiger partial charge in [-0.2, -0.15) is 4.98 Å². The Hall–Kier alpha value is -3.26. The lowest BCUT2D eigenvalue weighted by molar-refractivity contribution is -0.113. The van der Waals surface area contributed by atoms with Crippen LogP contribution in [0.5, 0.6) is 5.75 Å². The number of amides is 1. The fourth-order valence-corrected chi connectivity index (χ4v) is 4.88. The molecule has 1 amide bonds. The van der Waals surface area contributed by atoms with E-state index in [1.54, 1.807) is 11.8 Å². The van der Waals surface area contributed by atoms with E-state index in [2.05, 4.69) is 24.5 Å². The van der Waals surface area contributed by atoms with E-state index < -0.39 is 6.04 Å². The number of rotatable bonds is 11. The molecule has 36 heavy (non-hydrogen) atoms. The summed E-state index contributed by atoms with van der Waals surface area (Å²) in [5.74, 6) is 2.24. The van der Waals surface area contributed by atoms with Gasteiger partial charge in [-0.05, 0) is 62.1 Å². The number of nitrogens with zero attached hydrogens (tertiary/aromatic N) is 3. The van der Waals surface area contributed by atoms with Crippen LogP contribution in [0.2, 0.25) is 0 Å². The van der Waals surface area contributed by atoms with E-state index in [1.165, 1.54) is 0 Å². The van der Waals surface area contributed by atoms with Crippen LogP contribution in [0.25, 0.3) is 0 Å². The number of thioether (sulfide) groups is 1. The Labute approximate surface area is 217 Å². The van der Waals surface area contributed by atoms with Crippen molar-refractivity contribution in [2.75, 3.05) is 23.0 Å². The van der Waals surface area contributed by atoms with Crippen molar-refractivity contribution >= 4 is 29.3 Å². The molecule has 0 bridgehead atoms. The number of hydrogen-bond acceptors (Lipinski definition) is 6. The maximum Gasteiger partial charge on any atom is 0.255 e. The highest BCUT2D eigenvalue weighted by Gasteiger charge is 2.34. The maximum absolute atomic E-state index is 13.6. The predicted molar refractivity (Wildman–Crippen MR) is 147 cm³/mol. The average Bonchev–Trinajstić information content (AvgIpc) is 3.27. The summed E-state index contributed by atoms with van der Waals surface area (Å²) < 4.78 is 7.74. The fraction of sp³-hybridized carbons (Fsp3) is 0.393. The van der Waals surface area contributed by atoms with Crippen LogP contribution in [0, 0.1) is 6.92 Å². The van der Waals surface area contributed by atoms with Gasteiger partial charge in [0.25, 0.3) is 5.91 Å². The van der Waals surface area contributed by atoms with Gasteiger partial charge >= 0.3 is 0 Å². The SMILES string of the molecule is CCCCCOc1ccc(C2C(C(=O)Nc3cccc(C)c3)=C(C)Nc3nc(SCCC)nn32)cc1. The van der Waals surface area contributed by atoms with Gasteiger partial charge in [-0.15, -0.1) is 5.10 Å². The zero-order valence-corrected chi connectivity index (χ0v) is 22.3. The van der Waals surface area contributed by atoms with Gasteiger partial charge in [0, 0.05) is 17.1 Å². The van der Waals surface area contributed by atoms with Crippen molar-refractivity contribution in [1.29, 1.82) is 0 Å². The minimum atomic E-state index is -0.413. The summed E-state index contributed by atoms with van der Waals surface area (Å²) in [6, 6.07) is 15.4. The minimum absolute atomic E-state index is 0.167. The lowest BCUT2D eigenvalue weighted by Crippen LogP contribution is -2.31. The number of fused-ring (bicyclic) bond motifs is 1. The van der Waals surface area contributed by atoms with E-state index >= 15 is 0 Å². The molecule has 0 radical (unpaired) electrons. The number of aromatic nitrogens is 3. The Kier molecular flexibility index (Phi) is 8.70. The van der Waals surface area contributed by atoms with E-state index in [9.17, 15) is 4.79 Å². The molecule has 4 rings (SSSR count). The van der Waals surface area contributed by atoms with Crippen LogP contribution in [0.4, 0.5) is 11.6 Å². The molecular formula is C28H35N5O2S. The highest BCUT2D eigenvalue weighted by atomic mass is 32.2. The topological polar surface area (TPSA) is 81.1 Å². The molecule has 2 aromatic carbocycles. The van der Waals surface area contributed by atoms with Crippen molar-refractivity contribution < 1.29 is 9.53 Å². The summed E-state index contributed by atoms with van der Waals surface area (Å²) in [4.78, 5) is 18.3. The molecule has 0 fully saturated rings. The normalized spacial score (nSPS) is 14.8. The number of unbranched alkanes of at least 4 members (excludes halogenated alkanes) is 2. The van der Waals surface area contributed by atoms with E-state index in [4.69, 9.17) is 14.8 Å². The first-order valence-electron chi connectivity index (χ1n) is 12.7. The summed E-state index contributed by atoms with van der Waals surface area (Å²) in [6.45, 7) is 8.94. The largest absolute Gasteiger partial charge is 0.494 e. The van der Waals surface area contributed by atoms with E-state index in [0.717, 1.165) is 59.7 Å². The van der Waals surface area contributed by atoms with Crippen molar-refractivity contribution in [1.82, 2.24) is 14.8 Å². The Balaban J connectivity index is 1.66. The second kappa shape index (κ2) is 12.1. The molecule has 0 spiro atoms. The van der Waals surface area contributed by atoms with Gasteiger partial charge in [0.1, 0.15) is 11.8 Å². The van der Waals surface area contributed by atoms with Crippen LogP contribution in [0.1, 0.15) is 63.6 Å². The smallest absolute Gasteiger partial charge is 0.255 e. The number of aryl methyl sites for hydroxylation is 1. The first-order chi connectivity index (χ1) is 17.5. The molecule has 7 nitrogen and oxygen atoms in total. The third kappa shape index (κ3) is 6.10. The summed E-state index contributed by atoms with van der Waals surface area (Å²) in [6.07, 6.45) is 4.39. The monoisotopic (exact) mass is 505 g/mol. The molecule has 3 aromatic rings.